The highest BCUT2D eigenvalue weighted by atomic mass is 127. The summed E-state index contributed by atoms with van der Waals surface area (Å²) in [6, 6.07) is 7.12. The third-order valence-electron chi connectivity index (χ3n) is 4.47. The van der Waals surface area contributed by atoms with E-state index in [0.29, 0.717) is 6.04 Å². The predicted octanol–water partition coefficient (Wildman–Crippen LogP) is 3.14. The van der Waals surface area contributed by atoms with Crippen molar-refractivity contribution >= 4 is 40.8 Å². The van der Waals surface area contributed by atoms with Crippen molar-refractivity contribution in [3.8, 4) is 0 Å². The zero-order valence-electron chi connectivity index (χ0n) is 16.0. The lowest BCUT2D eigenvalue weighted by Crippen LogP contribution is -2.42. The van der Waals surface area contributed by atoms with Crippen molar-refractivity contribution in [1.29, 1.82) is 0 Å². The van der Waals surface area contributed by atoms with Crippen LogP contribution < -0.4 is 10.6 Å². The standard InChI is InChI=1S/C19H31N5.HI/c1-14(2)24(5)11-10-22-19(20-4)21-9-8-16-13-23-18-12-15(3)6-7-17(16)18;/h6-7,12-14,23H,8-11H2,1-5H3,(H2,20,21,22);1H. The predicted molar refractivity (Wildman–Crippen MR) is 119 cm³/mol. The van der Waals surface area contributed by atoms with Crippen molar-refractivity contribution in [1.82, 2.24) is 20.5 Å². The summed E-state index contributed by atoms with van der Waals surface area (Å²) in [6.07, 6.45) is 3.08. The van der Waals surface area contributed by atoms with E-state index in [1.54, 1.807) is 0 Å². The second-order valence-corrected chi connectivity index (χ2v) is 6.61. The Morgan fingerprint density at radius 3 is 2.64 bits per heavy atom. The summed E-state index contributed by atoms with van der Waals surface area (Å²) >= 11 is 0. The first kappa shape index (κ1) is 21.8. The van der Waals surface area contributed by atoms with Gasteiger partial charge in [-0.15, -0.1) is 24.0 Å². The van der Waals surface area contributed by atoms with Crippen molar-refractivity contribution in [3.63, 3.8) is 0 Å². The van der Waals surface area contributed by atoms with Gasteiger partial charge in [-0.05, 0) is 51.4 Å². The Balaban J connectivity index is 0.00000312. The molecule has 1 aromatic carbocycles. The molecule has 0 saturated heterocycles. The fraction of sp³-hybridized carbons (Fsp3) is 0.526. The number of hydrogen-bond acceptors (Lipinski definition) is 2. The molecule has 2 aromatic rings. The maximum absolute atomic E-state index is 4.29. The highest BCUT2D eigenvalue weighted by Crippen LogP contribution is 2.19. The Labute approximate surface area is 168 Å². The highest BCUT2D eigenvalue weighted by molar-refractivity contribution is 14.0. The van der Waals surface area contributed by atoms with Gasteiger partial charge in [0.15, 0.2) is 5.96 Å². The molecule has 0 radical (unpaired) electrons. The van der Waals surface area contributed by atoms with Gasteiger partial charge >= 0.3 is 0 Å². The molecule has 0 spiro atoms. The number of fused-ring (bicyclic) bond motifs is 1. The Hall–Kier alpha value is -1.28. The summed E-state index contributed by atoms with van der Waals surface area (Å²) in [5.74, 6) is 0.864. The topological polar surface area (TPSA) is 55.5 Å². The van der Waals surface area contributed by atoms with Crippen LogP contribution in [-0.2, 0) is 6.42 Å². The Morgan fingerprint density at radius 2 is 1.96 bits per heavy atom. The number of aliphatic imine (C=N–C) groups is 1. The number of guanidine groups is 1. The number of aryl methyl sites for hydroxylation is 1. The Bertz CT molecular complexity index is 678. The number of nitrogens with zero attached hydrogens (tertiary/aromatic N) is 2. The van der Waals surface area contributed by atoms with Crippen molar-refractivity contribution < 1.29 is 0 Å². The van der Waals surface area contributed by atoms with Gasteiger partial charge in [0.05, 0.1) is 0 Å². The summed E-state index contributed by atoms with van der Waals surface area (Å²) in [7, 11) is 3.96. The maximum atomic E-state index is 4.29. The Kier molecular flexibility index (Phi) is 9.27. The smallest absolute Gasteiger partial charge is 0.191 e. The maximum Gasteiger partial charge on any atom is 0.191 e. The van der Waals surface area contributed by atoms with Crippen LogP contribution in [0.2, 0.25) is 0 Å². The molecule has 25 heavy (non-hydrogen) atoms. The molecule has 0 aliphatic rings. The number of benzene rings is 1. The molecule has 0 fully saturated rings. The number of likely N-dealkylation sites (N-methyl/N-ethyl adjacent to an activating group) is 1. The van der Waals surface area contributed by atoms with Gasteiger partial charge in [0.1, 0.15) is 0 Å². The minimum Gasteiger partial charge on any atom is -0.361 e. The largest absolute Gasteiger partial charge is 0.361 e. The van der Waals surface area contributed by atoms with Crippen LogP contribution in [0.3, 0.4) is 0 Å². The van der Waals surface area contributed by atoms with E-state index in [0.717, 1.165) is 32.0 Å². The fourth-order valence-electron chi connectivity index (χ4n) is 2.65. The van der Waals surface area contributed by atoms with Gasteiger partial charge in [-0.3, -0.25) is 4.99 Å². The van der Waals surface area contributed by atoms with Crippen molar-refractivity contribution in [2.45, 2.75) is 33.2 Å². The van der Waals surface area contributed by atoms with Crippen LogP contribution in [0.1, 0.15) is 25.0 Å². The molecular weight excluding hydrogens is 425 g/mol. The molecule has 2 rings (SSSR count). The third-order valence-corrected chi connectivity index (χ3v) is 4.47. The van der Waals surface area contributed by atoms with E-state index in [1.807, 2.05) is 7.05 Å². The molecule has 5 nitrogen and oxygen atoms in total. The van der Waals surface area contributed by atoms with E-state index < -0.39 is 0 Å². The highest BCUT2D eigenvalue weighted by Gasteiger charge is 2.05. The number of nitrogens with one attached hydrogen (secondary N) is 3. The molecule has 0 saturated carbocycles. The molecule has 6 heteroatoms. The first-order valence-corrected chi connectivity index (χ1v) is 8.72. The van der Waals surface area contributed by atoms with Crippen LogP contribution >= 0.6 is 24.0 Å². The normalized spacial score (nSPS) is 11.9. The van der Waals surface area contributed by atoms with E-state index in [-0.39, 0.29) is 24.0 Å². The van der Waals surface area contributed by atoms with Crippen molar-refractivity contribution in [2.24, 2.45) is 4.99 Å². The summed E-state index contributed by atoms with van der Waals surface area (Å²) in [5.41, 5.74) is 3.83. The minimum atomic E-state index is 0. The number of H-pyrrole nitrogens is 1. The van der Waals surface area contributed by atoms with Crippen LogP contribution in [-0.4, -0.2) is 55.6 Å². The number of aromatic amines is 1. The molecule has 3 N–H and O–H groups in total. The SMILES string of the molecule is CN=C(NCCc1c[nH]c2cc(C)ccc12)NCCN(C)C(C)C.I. The molecule has 1 heterocycles. The molecule has 1 aromatic heterocycles. The first-order valence-electron chi connectivity index (χ1n) is 8.72. The molecule has 0 aliphatic heterocycles. The van der Waals surface area contributed by atoms with Gasteiger partial charge in [-0.25, -0.2) is 0 Å². The van der Waals surface area contributed by atoms with Gasteiger partial charge in [0.25, 0.3) is 0 Å². The van der Waals surface area contributed by atoms with Gasteiger partial charge in [0.2, 0.25) is 0 Å². The van der Waals surface area contributed by atoms with Crippen LogP contribution in [0.5, 0.6) is 0 Å². The molecule has 0 bridgehead atoms. The van der Waals surface area contributed by atoms with Gasteiger partial charge in [0, 0.05) is 49.8 Å². The lowest BCUT2D eigenvalue weighted by Gasteiger charge is -2.21. The zero-order chi connectivity index (χ0) is 17.5. The summed E-state index contributed by atoms with van der Waals surface area (Å²) in [6.45, 7) is 9.28. The minimum absolute atomic E-state index is 0. The molecule has 0 amide bonds. The Morgan fingerprint density at radius 1 is 1.24 bits per heavy atom. The lowest BCUT2D eigenvalue weighted by molar-refractivity contribution is 0.278. The van der Waals surface area contributed by atoms with E-state index in [2.05, 4.69) is 77.7 Å². The summed E-state index contributed by atoms with van der Waals surface area (Å²) in [4.78, 5) is 9.96. The van der Waals surface area contributed by atoms with Crippen molar-refractivity contribution in [2.75, 3.05) is 33.7 Å². The second kappa shape index (κ2) is 10.7. The van der Waals surface area contributed by atoms with E-state index in [9.17, 15) is 0 Å². The van der Waals surface area contributed by atoms with E-state index in [1.165, 1.54) is 22.0 Å². The number of halogens is 1. The number of rotatable bonds is 7. The lowest BCUT2D eigenvalue weighted by atomic mass is 10.1. The molecule has 0 unspecified atom stereocenters. The zero-order valence-corrected chi connectivity index (χ0v) is 18.3. The van der Waals surface area contributed by atoms with Crippen LogP contribution in [0, 0.1) is 6.92 Å². The quantitative estimate of drug-likeness (QED) is 0.340. The third kappa shape index (κ3) is 6.51. The van der Waals surface area contributed by atoms with Crippen molar-refractivity contribution in [3.05, 3.63) is 35.5 Å². The first-order chi connectivity index (χ1) is 11.5. The van der Waals surface area contributed by atoms with E-state index >= 15 is 0 Å². The average molecular weight is 457 g/mol. The summed E-state index contributed by atoms with van der Waals surface area (Å²) in [5, 5.41) is 8.07. The van der Waals surface area contributed by atoms with Crippen LogP contribution in [0.25, 0.3) is 10.9 Å². The second-order valence-electron chi connectivity index (χ2n) is 6.61. The monoisotopic (exact) mass is 457 g/mol. The molecule has 0 aliphatic carbocycles. The number of aromatic nitrogens is 1. The number of hydrogen-bond donors (Lipinski definition) is 3. The van der Waals surface area contributed by atoms with Gasteiger partial charge in [-0.1, -0.05) is 12.1 Å². The van der Waals surface area contributed by atoms with Gasteiger partial charge in [-0.2, -0.15) is 0 Å². The molecule has 0 atom stereocenters. The molecule has 140 valence electrons. The summed E-state index contributed by atoms with van der Waals surface area (Å²) < 4.78 is 0. The van der Waals surface area contributed by atoms with Crippen LogP contribution in [0.15, 0.2) is 29.4 Å². The average Bonchev–Trinajstić information content (AvgIpc) is 2.95. The van der Waals surface area contributed by atoms with E-state index in [4.69, 9.17) is 0 Å². The fourth-order valence-corrected chi connectivity index (χ4v) is 2.65. The van der Waals surface area contributed by atoms with Gasteiger partial charge < -0.3 is 20.5 Å². The molecular formula is C19H32IN5. The van der Waals surface area contributed by atoms with Crippen LogP contribution in [0.4, 0.5) is 0 Å².